The van der Waals surface area contributed by atoms with Crippen molar-refractivity contribution in [2.45, 2.75) is 70.5 Å². The van der Waals surface area contributed by atoms with E-state index in [1.54, 1.807) is 24.3 Å². The largest absolute Gasteiger partial charge is 0.326 e. The molecule has 1 N–H and O–H groups in total. The van der Waals surface area contributed by atoms with Crippen LogP contribution in [0.1, 0.15) is 74.6 Å². The van der Waals surface area contributed by atoms with Crippen LogP contribution in [0.25, 0.3) is 0 Å². The molecule has 0 saturated heterocycles. The summed E-state index contributed by atoms with van der Waals surface area (Å²) in [6.07, 6.45) is 6.58. The van der Waals surface area contributed by atoms with Crippen LogP contribution in [0.4, 0.5) is 5.69 Å². The smallest absolute Gasteiger partial charge is 0.224 e. The highest BCUT2D eigenvalue weighted by molar-refractivity contribution is 7.99. The SMILES string of the molecule is Cc1nnc(SCC(=O)c2ccc(NC(=O)CC(C)C)cc2)n1C1CCCCC1. The van der Waals surface area contributed by atoms with E-state index in [1.165, 1.54) is 31.0 Å². The number of nitrogens with one attached hydrogen (secondary N) is 1. The summed E-state index contributed by atoms with van der Waals surface area (Å²) < 4.78 is 2.21. The summed E-state index contributed by atoms with van der Waals surface area (Å²) in [5.74, 6) is 1.60. The van der Waals surface area contributed by atoms with Crippen LogP contribution in [0.5, 0.6) is 0 Å². The summed E-state index contributed by atoms with van der Waals surface area (Å²) in [4.78, 5) is 24.5. The zero-order valence-corrected chi connectivity index (χ0v) is 18.3. The number of hydrogen-bond acceptors (Lipinski definition) is 5. The van der Waals surface area contributed by atoms with Gasteiger partial charge in [0.25, 0.3) is 0 Å². The molecule has 29 heavy (non-hydrogen) atoms. The van der Waals surface area contributed by atoms with Crippen molar-refractivity contribution in [3.63, 3.8) is 0 Å². The summed E-state index contributed by atoms with van der Waals surface area (Å²) in [6, 6.07) is 7.55. The van der Waals surface area contributed by atoms with Crippen LogP contribution in [0.2, 0.25) is 0 Å². The summed E-state index contributed by atoms with van der Waals surface area (Å²) in [5, 5.41) is 12.2. The minimum atomic E-state index is -0.00736. The van der Waals surface area contributed by atoms with E-state index in [2.05, 4.69) is 20.1 Å². The summed E-state index contributed by atoms with van der Waals surface area (Å²) >= 11 is 1.46. The number of amides is 1. The highest BCUT2D eigenvalue weighted by Crippen LogP contribution is 2.32. The van der Waals surface area contributed by atoms with Crippen molar-refractivity contribution in [2.24, 2.45) is 5.92 Å². The maximum atomic E-state index is 12.6. The molecule has 3 rings (SSSR count). The number of carbonyl (C=O) groups is 2. The van der Waals surface area contributed by atoms with Gasteiger partial charge in [-0.25, -0.2) is 0 Å². The summed E-state index contributed by atoms with van der Waals surface area (Å²) in [7, 11) is 0. The van der Waals surface area contributed by atoms with Gasteiger partial charge in [0.05, 0.1) is 5.75 Å². The van der Waals surface area contributed by atoms with E-state index in [9.17, 15) is 9.59 Å². The van der Waals surface area contributed by atoms with Crippen LogP contribution in [0, 0.1) is 12.8 Å². The van der Waals surface area contributed by atoms with Crippen LogP contribution in [0.15, 0.2) is 29.4 Å². The maximum absolute atomic E-state index is 12.6. The molecule has 2 aromatic rings. The Morgan fingerprint density at radius 3 is 2.48 bits per heavy atom. The average molecular weight is 415 g/mol. The molecule has 1 aliphatic rings. The number of nitrogens with zero attached hydrogens (tertiary/aromatic N) is 3. The van der Waals surface area contributed by atoms with E-state index < -0.39 is 0 Å². The molecule has 0 radical (unpaired) electrons. The first kappa shape index (κ1) is 21.6. The Kier molecular flexibility index (Phi) is 7.47. The van der Waals surface area contributed by atoms with Crippen LogP contribution in [-0.2, 0) is 4.79 Å². The van der Waals surface area contributed by atoms with E-state index in [0.717, 1.165) is 23.8 Å². The average Bonchev–Trinajstić information content (AvgIpc) is 3.07. The number of aryl methyl sites for hydroxylation is 1. The van der Waals surface area contributed by atoms with Gasteiger partial charge >= 0.3 is 0 Å². The zero-order chi connectivity index (χ0) is 20.8. The third-order valence-electron chi connectivity index (χ3n) is 5.19. The second-order valence-corrected chi connectivity index (χ2v) is 9.07. The van der Waals surface area contributed by atoms with Crippen molar-refractivity contribution in [1.29, 1.82) is 0 Å². The van der Waals surface area contributed by atoms with E-state index in [-0.39, 0.29) is 11.7 Å². The Morgan fingerprint density at radius 1 is 1.14 bits per heavy atom. The number of hydrogen-bond donors (Lipinski definition) is 1. The van der Waals surface area contributed by atoms with Gasteiger partial charge in [-0.15, -0.1) is 10.2 Å². The number of aromatic nitrogens is 3. The van der Waals surface area contributed by atoms with E-state index in [1.807, 2.05) is 20.8 Å². The Bertz CT molecular complexity index is 839. The molecule has 156 valence electrons. The lowest BCUT2D eigenvalue weighted by Gasteiger charge is -2.24. The van der Waals surface area contributed by atoms with Crippen LogP contribution in [-0.4, -0.2) is 32.2 Å². The van der Waals surface area contributed by atoms with Crippen LogP contribution < -0.4 is 5.32 Å². The highest BCUT2D eigenvalue weighted by Gasteiger charge is 2.22. The van der Waals surface area contributed by atoms with E-state index in [0.29, 0.717) is 35.4 Å². The predicted octanol–water partition coefficient (Wildman–Crippen LogP) is 5.05. The fourth-order valence-corrected chi connectivity index (χ4v) is 4.69. The van der Waals surface area contributed by atoms with Crippen molar-refractivity contribution in [2.75, 3.05) is 11.1 Å². The minimum absolute atomic E-state index is 0.00736. The molecule has 0 bridgehead atoms. The number of anilines is 1. The molecule has 0 spiro atoms. The highest BCUT2D eigenvalue weighted by atomic mass is 32.2. The van der Waals surface area contributed by atoms with Gasteiger partial charge in [0.2, 0.25) is 5.91 Å². The number of carbonyl (C=O) groups excluding carboxylic acids is 2. The fraction of sp³-hybridized carbons (Fsp3) is 0.545. The lowest BCUT2D eigenvalue weighted by atomic mass is 9.95. The second-order valence-electron chi connectivity index (χ2n) is 8.13. The Balaban J connectivity index is 1.58. The second kappa shape index (κ2) is 10.1. The van der Waals surface area contributed by atoms with Crippen LogP contribution in [0.3, 0.4) is 0 Å². The molecule has 1 amide bonds. The number of rotatable bonds is 8. The van der Waals surface area contributed by atoms with Crippen molar-refractivity contribution in [1.82, 2.24) is 14.8 Å². The monoisotopic (exact) mass is 414 g/mol. The van der Waals surface area contributed by atoms with Crippen LogP contribution >= 0.6 is 11.8 Å². The third-order valence-corrected chi connectivity index (χ3v) is 6.13. The van der Waals surface area contributed by atoms with Gasteiger partial charge in [0, 0.05) is 23.7 Å². The van der Waals surface area contributed by atoms with Gasteiger partial charge in [0.15, 0.2) is 10.9 Å². The lowest BCUT2D eigenvalue weighted by Crippen LogP contribution is -2.16. The van der Waals surface area contributed by atoms with Crippen molar-refractivity contribution in [3.05, 3.63) is 35.7 Å². The molecule has 1 aromatic heterocycles. The Labute approximate surface area is 176 Å². The van der Waals surface area contributed by atoms with Gasteiger partial charge in [0.1, 0.15) is 5.82 Å². The molecule has 7 heteroatoms. The molecule has 0 aliphatic heterocycles. The number of thioether (sulfide) groups is 1. The van der Waals surface area contributed by atoms with Gasteiger partial charge in [-0.1, -0.05) is 44.9 Å². The number of ketones is 1. The quantitative estimate of drug-likeness (QED) is 0.483. The summed E-state index contributed by atoms with van der Waals surface area (Å²) in [5.41, 5.74) is 1.35. The van der Waals surface area contributed by atoms with Gasteiger partial charge < -0.3 is 9.88 Å². The van der Waals surface area contributed by atoms with Crippen molar-refractivity contribution in [3.8, 4) is 0 Å². The summed E-state index contributed by atoms with van der Waals surface area (Å²) in [6.45, 7) is 6.00. The zero-order valence-electron chi connectivity index (χ0n) is 17.5. The van der Waals surface area contributed by atoms with E-state index >= 15 is 0 Å². The van der Waals surface area contributed by atoms with E-state index in [4.69, 9.17) is 0 Å². The standard InChI is InChI=1S/C22H30N4O2S/c1-15(2)13-21(28)23-18-11-9-17(10-12-18)20(27)14-29-22-25-24-16(3)26(22)19-7-5-4-6-8-19/h9-12,15,19H,4-8,13-14H2,1-3H3,(H,23,28). The molecule has 1 saturated carbocycles. The normalized spacial score (nSPS) is 14.9. The molecular formula is C22H30N4O2S. The first-order valence-electron chi connectivity index (χ1n) is 10.4. The predicted molar refractivity (Wildman–Crippen MR) is 116 cm³/mol. The van der Waals surface area contributed by atoms with Crippen molar-refractivity contribution < 1.29 is 9.59 Å². The molecule has 6 nitrogen and oxygen atoms in total. The first-order chi connectivity index (χ1) is 13.9. The molecule has 1 heterocycles. The molecular weight excluding hydrogens is 384 g/mol. The van der Waals surface area contributed by atoms with Gasteiger partial charge in [-0.3, -0.25) is 9.59 Å². The first-order valence-corrected chi connectivity index (χ1v) is 11.4. The minimum Gasteiger partial charge on any atom is -0.326 e. The molecule has 0 atom stereocenters. The maximum Gasteiger partial charge on any atom is 0.224 e. The number of benzene rings is 1. The Hall–Kier alpha value is -2.15. The molecule has 1 fully saturated rings. The molecule has 1 aromatic carbocycles. The Morgan fingerprint density at radius 2 is 1.83 bits per heavy atom. The van der Waals surface area contributed by atoms with Gasteiger partial charge in [-0.2, -0.15) is 0 Å². The van der Waals surface area contributed by atoms with Crippen molar-refractivity contribution >= 4 is 29.1 Å². The van der Waals surface area contributed by atoms with Gasteiger partial charge in [-0.05, 0) is 49.9 Å². The lowest BCUT2D eigenvalue weighted by molar-refractivity contribution is -0.116. The topological polar surface area (TPSA) is 76.9 Å². The fourth-order valence-electron chi connectivity index (χ4n) is 3.74. The number of Topliss-reactive ketones (excluding diaryl/α,β-unsaturated/α-hetero) is 1. The third kappa shape index (κ3) is 5.92. The molecule has 1 aliphatic carbocycles. The molecule has 0 unspecified atom stereocenters.